The number of nitrogens with zero attached hydrogens (tertiary/aromatic N) is 1. The molecule has 1 unspecified atom stereocenters. The van der Waals surface area contributed by atoms with Crippen LogP contribution in [0.2, 0.25) is 0 Å². The van der Waals surface area contributed by atoms with Crippen LogP contribution in [0.5, 0.6) is 0 Å². The summed E-state index contributed by atoms with van der Waals surface area (Å²) in [5.74, 6) is -2.87. The van der Waals surface area contributed by atoms with Crippen molar-refractivity contribution in [2.45, 2.75) is 37.8 Å². The Morgan fingerprint density at radius 2 is 1.95 bits per heavy atom. The van der Waals surface area contributed by atoms with Crippen molar-refractivity contribution in [2.75, 3.05) is 0 Å². The van der Waals surface area contributed by atoms with Crippen LogP contribution in [0.3, 0.4) is 0 Å². The maximum atomic E-state index is 14.3. The van der Waals surface area contributed by atoms with Crippen molar-refractivity contribution in [1.29, 1.82) is 0 Å². The third-order valence-corrected chi connectivity index (χ3v) is 3.94. The number of hydrogen-bond donors (Lipinski definition) is 1. The highest BCUT2D eigenvalue weighted by Crippen LogP contribution is 2.33. The van der Waals surface area contributed by atoms with E-state index in [0.29, 0.717) is 0 Å². The Balaban J connectivity index is 1.84. The molecule has 0 bridgehead atoms. The van der Waals surface area contributed by atoms with E-state index < -0.39 is 5.92 Å². The molecule has 1 aromatic carbocycles. The molecule has 0 spiro atoms. The second kappa shape index (κ2) is 5.02. The Morgan fingerprint density at radius 3 is 2.65 bits per heavy atom. The molecule has 0 saturated carbocycles. The molecule has 106 valence electrons. The van der Waals surface area contributed by atoms with E-state index in [1.54, 1.807) is 29.0 Å². The average molecular weight is 276 g/mol. The normalized spacial score (nSPS) is 18.9. The van der Waals surface area contributed by atoms with Gasteiger partial charge in [-0.05, 0) is 30.4 Å². The molecule has 1 atom stereocenters. The first-order valence-corrected chi connectivity index (χ1v) is 6.94. The first-order chi connectivity index (χ1) is 9.56. The highest BCUT2D eigenvalue weighted by molar-refractivity contribution is 5.30. The zero-order valence-electron chi connectivity index (χ0n) is 11.2. The molecule has 1 aliphatic carbocycles. The smallest absolute Gasteiger partial charge is 0.290 e. The fourth-order valence-corrected chi connectivity index (χ4v) is 2.88. The molecule has 1 aliphatic rings. The predicted molar refractivity (Wildman–Crippen MR) is 74.6 cm³/mol. The number of aromatic nitrogens is 1. The van der Waals surface area contributed by atoms with Crippen LogP contribution < -0.4 is 5.73 Å². The van der Waals surface area contributed by atoms with Gasteiger partial charge in [-0.25, -0.2) is 0 Å². The Labute approximate surface area is 117 Å². The monoisotopic (exact) mass is 276 g/mol. The number of benzene rings is 1. The molecule has 0 radical (unpaired) electrons. The van der Waals surface area contributed by atoms with Crippen LogP contribution in [-0.4, -0.2) is 4.57 Å². The maximum Gasteiger partial charge on any atom is 0.290 e. The average Bonchev–Trinajstić information content (AvgIpc) is 2.83. The molecule has 3 rings (SSSR count). The highest BCUT2D eigenvalue weighted by Gasteiger charge is 2.32. The minimum Gasteiger partial charge on any atom is -0.347 e. The second-order valence-electron chi connectivity index (χ2n) is 5.48. The van der Waals surface area contributed by atoms with Gasteiger partial charge in [-0.3, -0.25) is 0 Å². The summed E-state index contributed by atoms with van der Waals surface area (Å²) >= 11 is 0. The quantitative estimate of drug-likeness (QED) is 0.912. The van der Waals surface area contributed by atoms with E-state index in [9.17, 15) is 8.78 Å². The number of alkyl halides is 2. The van der Waals surface area contributed by atoms with Crippen LogP contribution >= 0.6 is 0 Å². The lowest BCUT2D eigenvalue weighted by molar-refractivity contribution is -0.0221. The summed E-state index contributed by atoms with van der Waals surface area (Å²) in [7, 11) is 0. The highest BCUT2D eigenvalue weighted by atomic mass is 19.3. The topological polar surface area (TPSA) is 30.9 Å². The standard InChI is InChI=1S/C16H18F2N2/c17-16(18,13-6-2-1-3-7-13)11-20-9-12-5-4-8-15(19)14(12)10-20/h1-3,6-7,9-10,15H,4-5,8,11,19H2. The summed E-state index contributed by atoms with van der Waals surface area (Å²) in [6.45, 7) is -0.337. The van der Waals surface area contributed by atoms with Gasteiger partial charge < -0.3 is 10.3 Å². The number of fused-ring (bicyclic) bond motifs is 1. The molecule has 0 fully saturated rings. The van der Waals surface area contributed by atoms with Crippen molar-refractivity contribution in [3.8, 4) is 0 Å². The fraction of sp³-hybridized carbons (Fsp3) is 0.375. The largest absolute Gasteiger partial charge is 0.347 e. The number of rotatable bonds is 3. The fourth-order valence-electron chi connectivity index (χ4n) is 2.88. The molecule has 1 heterocycles. The summed E-state index contributed by atoms with van der Waals surface area (Å²) in [5, 5.41) is 0. The van der Waals surface area contributed by atoms with Crippen molar-refractivity contribution >= 4 is 0 Å². The predicted octanol–water partition coefficient (Wildman–Crippen LogP) is 3.62. The molecule has 0 aliphatic heterocycles. The zero-order valence-corrected chi connectivity index (χ0v) is 11.2. The van der Waals surface area contributed by atoms with Gasteiger partial charge in [-0.1, -0.05) is 30.3 Å². The van der Waals surface area contributed by atoms with Crippen LogP contribution in [0.1, 0.15) is 35.6 Å². The minimum atomic E-state index is -2.87. The van der Waals surface area contributed by atoms with Crippen LogP contribution in [0.15, 0.2) is 42.7 Å². The van der Waals surface area contributed by atoms with E-state index in [-0.39, 0.29) is 18.2 Å². The van der Waals surface area contributed by atoms with Crippen molar-refractivity contribution in [1.82, 2.24) is 4.57 Å². The lowest BCUT2D eigenvalue weighted by Gasteiger charge is -2.18. The van der Waals surface area contributed by atoms with Gasteiger partial charge in [-0.2, -0.15) is 8.78 Å². The van der Waals surface area contributed by atoms with Crippen LogP contribution in [0.25, 0.3) is 0 Å². The van der Waals surface area contributed by atoms with Crippen LogP contribution in [0, 0.1) is 0 Å². The number of nitrogens with two attached hydrogens (primary N) is 1. The van der Waals surface area contributed by atoms with Crippen molar-refractivity contribution in [3.05, 3.63) is 59.4 Å². The maximum absolute atomic E-state index is 14.3. The molecule has 2 N–H and O–H groups in total. The lowest BCUT2D eigenvalue weighted by atomic mass is 9.92. The van der Waals surface area contributed by atoms with Gasteiger partial charge in [0.25, 0.3) is 5.92 Å². The van der Waals surface area contributed by atoms with Crippen molar-refractivity contribution < 1.29 is 8.78 Å². The van der Waals surface area contributed by atoms with E-state index in [4.69, 9.17) is 5.73 Å². The Bertz CT molecular complexity index is 590. The van der Waals surface area contributed by atoms with Gasteiger partial charge in [0.05, 0.1) is 6.54 Å². The molecule has 2 nitrogen and oxygen atoms in total. The third kappa shape index (κ3) is 2.48. The first kappa shape index (κ1) is 13.3. The summed E-state index contributed by atoms with van der Waals surface area (Å²) in [6, 6.07) is 7.95. The van der Waals surface area contributed by atoms with Gasteiger partial charge in [0, 0.05) is 24.0 Å². The van der Waals surface area contributed by atoms with E-state index in [1.165, 1.54) is 12.1 Å². The Morgan fingerprint density at radius 1 is 1.20 bits per heavy atom. The third-order valence-electron chi connectivity index (χ3n) is 3.94. The molecule has 2 aromatic rings. The summed E-state index contributed by atoms with van der Waals surface area (Å²) in [6.07, 6.45) is 6.52. The Hall–Kier alpha value is -1.68. The van der Waals surface area contributed by atoms with Gasteiger partial charge >= 0.3 is 0 Å². The zero-order chi connectivity index (χ0) is 14.2. The van der Waals surface area contributed by atoms with Gasteiger partial charge in [0.2, 0.25) is 0 Å². The SMILES string of the molecule is NC1CCCc2cn(CC(F)(F)c3ccccc3)cc21. The summed E-state index contributed by atoms with van der Waals surface area (Å²) < 4.78 is 30.1. The first-order valence-electron chi connectivity index (χ1n) is 6.94. The van der Waals surface area contributed by atoms with E-state index >= 15 is 0 Å². The van der Waals surface area contributed by atoms with Crippen molar-refractivity contribution in [3.63, 3.8) is 0 Å². The number of halogens is 2. The van der Waals surface area contributed by atoms with Crippen LogP contribution in [0.4, 0.5) is 8.78 Å². The van der Waals surface area contributed by atoms with Crippen molar-refractivity contribution in [2.24, 2.45) is 5.73 Å². The number of aryl methyl sites for hydroxylation is 1. The lowest BCUT2D eigenvalue weighted by Crippen LogP contribution is -2.20. The molecule has 1 aromatic heterocycles. The minimum absolute atomic E-state index is 0.00894. The van der Waals surface area contributed by atoms with E-state index in [0.717, 1.165) is 30.4 Å². The molecule has 0 amide bonds. The molecule has 20 heavy (non-hydrogen) atoms. The summed E-state index contributed by atoms with van der Waals surface area (Å²) in [4.78, 5) is 0. The van der Waals surface area contributed by atoms with Gasteiger partial charge in [0.15, 0.2) is 0 Å². The second-order valence-corrected chi connectivity index (χ2v) is 5.48. The molecular formula is C16H18F2N2. The van der Waals surface area contributed by atoms with E-state index in [1.807, 2.05) is 6.20 Å². The van der Waals surface area contributed by atoms with Gasteiger partial charge in [0.1, 0.15) is 0 Å². The molecular weight excluding hydrogens is 258 g/mol. The molecule has 0 saturated heterocycles. The molecule has 4 heteroatoms. The van der Waals surface area contributed by atoms with Crippen LogP contribution in [-0.2, 0) is 18.9 Å². The van der Waals surface area contributed by atoms with Gasteiger partial charge in [-0.15, -0.1) is 0 Å². The number of hydrogen-bond acceptors (Lipinski definition) is 1. The Kier molecular flexibility index (Phi) is 3.34. The summed E-state index contributed by atoms with van der Waals surface area (Å²) in [5.41, 5.74) is 8.23. The van der Waals surface area contributed by atoms with E-state index in [2.05, 4.69) is 0 Å².